The summed E-state index contributed by atoms with van der Waals surface area (Å²) < 4.78 is 17.5. The van der Waals surface area contributed by atoms with Gasteiger partial charge in [0.05, 0.1) is 12.9 Å². The van der Waals surface area contributed by atoms with Crippen LogP contribution in [-0.2, 0) is 4.74 Å². The Balaban J connectivity index is 1.77. The van der Waals surface area contributed by atoms with Crippen molar-refractivity contribution in [2.75, 3.05) is 33.4 Å². The second kappa shape index (κ2) is 4.62. The summed E-state index contributed by atoms with van der Waals surface area (Å²) in [6, 6.07) is 0. The van der Waals surface area contributed by atoms with Crippen LogP contribution in [0.5, 0.6) is 0 Å². The van der Waals surface area contributed by atoms with Gasteiger partial charge in [-0.05, 0) is 31.3 Å². The third-order valence-corrected chi connectivity index (χ3v) is 3.62. The van der Waals surface area contributed by atoms with E-state index in [1.165, 1.54) is 12.8 Å². The van der Waals surface area contributed by atoms with Crippen molar-refractivity contribution in [1.82, 2.24) is 4.90 Å². The van der Waals surface area contributed by atoms with E-state index in [-0.39, 0.29) is 0 Å². The molecule has 0 spiro atoms. The zero-order valence-corrected chi connectivity index (χ0v) is 9.47. The molecule has 1 saturated carbocycles. The number of nitrogens with zero attached hydrogens (tertiary/aromatic N) is 1. The van der Waals surface area contributed by atoms with Gasteiger partial charge in [-0.2, -0.15) is 0 Å². The van der Waals surface area contributed by atoms with E-state index in [9.17, 15) is 4.39 Å². The topological polar surface area (TPSA) is 12.5 Å². The van der Waals surface area contributed by atoms with Gasteiger partial charge in [0.1, 0.15) is 0 Å². The van der Waals surface area contributed by atoms with Crippen LogP contribution in [0.15, 0.2) is 11.9 Å². The van der Waals surface area contributed by atoms with Gasteiger partial charge in [-0.3, -0.25) is 0 Å². The van der Waals surface area contributed by atoms with Crippen molar-refractivity contribution < 1.29 is 9.13 Å². The predicted molar refractivity (Wildman–Crippen MR) is 58.4 cm³/mol. The Labute approximate surface area is 91.1 Å². The standard InChI is InChI=1S/C12H20FNO/c1-15-10-12(4-5-12)9-14-6-2-11(8-13)3-7-14/h8H,2-7,9-10H2,1H3. The van der Waals surface area contributed by atoms with Crippen molar-refractivity contribution in [3.8, 4) is 0 Å². The quantitative estimate of drug-likeness (QED) is 0.711. The fourth-order valence-corrected chi connectivity index (χ4v) is 2.41. The van der Waals surface area contributed by atoms with Crippen molar-refractivity contribution in [1.29, 1.82) is 0 Å². The highest BCUT2D eigenvalue weighted by Gasteiger charge is 2.43. The van der Waals surface area contributed by atoms with Crippen LogP contribution in [-0.4, -0.2) is 38.3 Å². The maximum Gasteiger partial charge on any atom is 0.0859 e. The first-order valence-corrected chi connectivity index (χ1v) is 5.77. The van der Waals surface area contributed by atoms with Gasteiger partial charge in [0.25, 0.3) is 0 Å². The van der Waals surface area contributed by atoms with Crippen molar-refractivity contribution in [2.24, 2.45) is 5.41 Å². The largest absolute Gasteiger partial charge is 0.384 e. The normalized spacial score (nSPS) is 25.3. The molecule has 1 saturated heterocycles. The van der Waals surface area contributed by atoms with Crippen molar-refractivity contribution in [3.05, 3.63) is 11.9 Å². The first kappa shape index (κ1) is 11.1. The van der Waals surface area contributed by atoms with E-state index >= 15 is 0 Å². The number of rotatable bonds is 4. The van der Waals surface area contributed by atoms with E-state index in [0.29, 0.717) is 5.41 Å². The molecular formula is C12H20FNO. The van der Waals surface area contributed by atoms with Crippen molar-refractivity contribution in [3.63, 3.8) is 0 Å². The number of ether oxygens (including phenoxy) is 1. The van der Waals surface area contributed by atoms with Crippen molar-refractivity contribution >= 4 is 0 Å². The SMILES string of the molecule is COCC1(CN2CCC(=CF)CC2)CC1. The third kappa shape index (κ3) is 2.79. The van der Waals surface area contributed by atoms with Crippen LogP contribution in [0.1, 0.15) is 25.7 Å². The van der Waals surface area contributed by atoms with Crippen LogP contribution in [0.3, 0.4) is 0 Å². The Morgan fingerprint density at radius 3 is 2.53 bits per heavy atom. The molecule has 1 heterocycles. The van der Waals surface area contributed by atoms with Gasteiger partial charge < -0.3 is 9.64 Å². The molecule has 0 bridgehead atoms. The smallest absolute Gasteiger partial charge is 0.0859 e. The van der Waals surface area contributed by atoms with Gasteiger partial charge in [-0.15, -0.1) is 0 Å². The molecule has 0 unspecified atom stereocenters. The van der Waals surface area contributed by atoms with Crippen LogP contribution >= 0.6 is 0 Å². The number of hydrogen-bond donors (Lipinski definition) is 0. The van der Waals surface area contributed by atoms with E-state index in [1.807, 2.05) is 0 Å². The summed E-state index contributed by atoms with van der Waals surface area (Å²) in [5.41, 5.74) is 1.41. The fraction of sp³-hybridized carbons (Fsp3) is 0.833. The molecular weight excluding hydrogens is 193 g/mol. The molecule has 86 valence electrons. The lowest BCUT2D eigenvalue weighted by Gasteiger charge is -2.31. The van der Waals surface area contributed by atoms with Crippen LogP contribution in [0.25, 0.3) is 0 Å². The van der Waals surface area contributed by atoms with E-state index in [1.54, 1.807) is 7.11 Å². The zero-order valence-electron chi connectivity index (χ0n) is 9.47. The summed E-state index contributed by atoms with van der Waals surface area (Å²) in [7, 11) is 1.78. The molecule has 2 aliphatic rings. The average Bonchev–Trinajstić information content (AvgIpc) is 3.00. The summed E-state index contributed by atoms with van der Waals surface area (Å²) in [6.45, 7) is 4.05. The summed E-state index contributed by atoms with van der Waals surface area (Å²) in [5.74, 6) is 0. The Kier molecular flexibility index (Phi) is 3.42. The summed E-state index contributed by atoms with van der Waals surface area (Å²) in [4.78, 5) is 2.46. The van der Waals surface area contributed by atoms with Gasteiger partial charge in [-0.1, -0.05) is 0 Å². The van der Waals surface area contributed by atoms with Gasteiger partial charge in [0, 0.05) is 32.2 Å². The first-order chi connectivity index (χ1) is 7.28. The molecule has 15 heavy (non-hydrogen) atoms. The van der Waals surface area contributed by atoms with Gasteiger partial charge in [0.2, 0.25) is 0 Å². The van der Waals surface area contributed by atoms with E-state index in [2.05, 4.69) is 4.90 Å². The Morgan fingerprint density at radius 2 is 2.07 bits per heavy atom. The summed E-state index contributed by atoms with van der Waals surface area (Å²) in [5, 5.41) is 0. The molecule has 3 heteroatoms. The monoisotopic (exact) mass is 213 g/mol. The van der Waals surface area contributed by atoms with E-state index < -0.39 is 0 Å². The van der Waals surface area contributed by atoms with E-state index in [0.717, 1.165) is 51.0 Å². The molecule has 0 N–H and O–H groups in total. The van der Waals surface area contributed by atoms with Crippen LogP contribution in [0.2, 0.25) is 0 Å². The van der Waals surface area contributed by atoms with Crippen LogP contribution < -0.4 is 0 Å². The highest BCUT2D eigenvalue weighted by molar-refractivity contribution is 5.04. The Bertz CT molecular complexity index is 238. The molecule has 0 radical (unpaired) electrons. The molecule has 0 aromatic rings. The second-order valence-electron chi connectivity index (χ2n) is 4.98. The molecule has 2 rings (SSSR count). The lowest BCUT2D eigenvalue weighted by Crippen LogP contribution is -2.37. The average molecular weight is 213 g/mol. The maximum absolute atomic E-state index is 12.3. The molecule has 0 aromatic carbocycles. The molecule has 0 atom stereocenters. The Morgan fingerprint density at radius 1 is 1.40 bits per heavy atom. The van der Waals surface area contributed by atoms with Crippen LogP contribution in [0, 0.1) is 5.41 Å². The molecule has 0 amide bonds. The van der Waals surface area contributed by atoms with E-state index in [4.69, 9.17) is 4.74 Å². The Hall–Kier alpha value is -0.410. The minimum absolute atomic E-state index is 0.436. The summed E-state index contributed by atoms with van der Waals surface area (Å²) >= 11 is 0. The highest BCUT2D eigenvalue weighted by Crippen LogP contribution is 2.46. The third-order valence-electron chi connectivity index (χ3n) is 3.62. The molecule has 1 aliphatic carbocycles. The predicted octanol–water partition coefficient (Wildman–Crippen LogP) is 2.36. The van der Waals surface area contributed by atoms with Gasteiger partial charge >= 0.3 is 0 Å². The fourth-order valence-electron chi connectivity index (χ4n) is 2.41. The maximum atomic E-state index is 12.3. The van der Waals surface area contributed by atoms with Gasteiger partial charge in [0.15, 0.2) is 0 Å². The minimum Gasteiger partial charge on any atom is -0.384 e. The number of piperidine rings is 1. The number of hydrogen-bond acceptors (Lipinski definition) is 2. The second-order valence-corrected chi connectivity index (χ2v) is 4.98. The zero-order chi connectivity index (χ0) is 10.7. The van der Waals surface area contributed by atoms with Crippen molar-refractivity contribution in [2.45, 2.75) is 25.7 Å². The first-order valence-electron chi connectivity index (χ1n) is 5.77. The number of halogens is 1. The highest BCUT2D eigenvalue weighted by atomic mass is 19.1. The van der Waals surface area contributed by atoms with Crippen LogP contribution in [0.4, 0.5) is 4.39 Å². The lowest BCUT2D eigenvalue weighted by atomic mass is 10.0. The molecule has 2 fully saturated rings. The lowest BCUT2D eigenvalue weighted by molar-refractivity contribution is 0.105. The summed E-state index contributed by atoms with van der Waals surface area (Å²) in [6.07, 6.45) is 5.19. The number of methoxy groups -OCH3 is 1. The molecule has 2 nitrogen and oxygen atoms in total. The number of likely N-dealkylation sites (tertiary alicyclic amines) is 1. The molecule has 0 aromatic heterocycles. The molecule has 1 aliphatic heterocycles. The van der Waals surface area contributed by atoms with Gasteiger partial charge in [-0.25, -0.2) is 4.39 Å². The minimum atomic E-state index is 0.436.